The molecule has 2 atom stereocenters. The number of para-hydroxylation sites is 2. The summed E-state index contributed by atoms with van der Waals surface area (Å²) in [6, 6.07) is 7.27. The third-order valence-electron chi connectivity index (χ3n) is 5.00. The van der Waals surface area contributed by atoms with Gasteiger partial charge in [0.05, 0.1) is 6.04 Å². The summed E-state index contributed by atoms with van der Waals surface area (Å²) >= 11 is 0. The Morgan fingerprint density at radius 2 is 2.00 bits per heavy atom. The molecule has 2 aromatic rings. The van der Waals surface area contributed by atoms with Crippen LogP contribution in [0.3, 0.4) is 0 Å². The molecule has 2 aliphatic heterocycles. The van der Waals surface area contributed by atoms with Gasteiger partial charge in [0, 0.05) is 12.5 Å². The molecule has 0 bridgehead atoms. The molecule has 0 radical (unpaired) electrons. The highest BCUT2D eigenvalue weighted by molar-refractivity contribution is 5.82. The van der Waals surface area contributed by atoms with Crippen molar-refractivity contribution in [3.63, 3.8) is 0 Å². The average molecular weight is 341 g/mol. The lowest BCUT2D eigenvalue weighted by atomic mass is 10.2. The van der Waals surface area contributed by atoms with Crippen LogP contribution in [-0.4, -0.2) is 40.2 Å². The zero-order valence-corrected chi connectivity index (χ0v) is 13.8. The summed E-state index contributed by atoms with van der Waals surface area (Å²) in [5.41, 5.74) is 0. The molecule has 0 N–H and O–H groups in total. The number of aromatic nitrogens is 2. The Morgan fingerprint density at radius 3 is 2.84 bits per heavy atom. The van der Waals surface area contributed by atoms with E-state index < -0.39 is 6.10 Å². The lowest BCUT2D eigenvalue weighted by Gasteiger charge is -2.30. The molecule has 3 heterocycles. The van der Waals surface area contributed by atoms with Crippen LogP contribution in [0.5, 0.6) is 11.5 Å². The number of hydrogen-bond acceptors (Lipinski definition) is 6. The van der Waals surface area contributed by atoms with E-state index in [1.165, 1.54) is 0 Å². The van der Waals surface area contributed by atoms with Gasteiger partial charge >= 0.3 is 0 Å². The van der Waals surface area contributed by atoms with Gasteiger partial charge in [-0.2, -0.15) is 4.98 Å². The highest BCUT2D eigenvalue weighted by Crippen LogP contribution is 2.40. The van der Waals surface area contributed by atoms with E-state index in [1.54, 1.807) is 0 Å². The Balaban J connectivity index is 1.34. The van der Waals surface area contributed by atoms with Crippen LogP contribution in [0.1, 0.15) is 49.4 Å². The minimum Gasteiger partial charge on any atom is -0.485 e. The molecule has 7 heteroatoms. The van der Waals surface area contributed by atoms with Gasteiger partial charge in [0.15, 0.2) is 17.3 Å². The summed E-state index contributed by atoms with van der Waals surface area (Å²) < 4.78 is 16.9. The van der Waals surface area contributed by atoms with Crippen molar-refractivity contribution in [2.75, 3.05) is 13.2 Å². The van der Waals surface area contributed by atoms with Crippen LogP contribution < -0.4 is 9.47 Å². The van der Waals surface area contributed by atoms with E-state index in [4.69, 9.17) is 14.0 Å². The first kappa shape index (κ1) is 14.7. The topological polar surface area (TPSA) is 77.7 Å². The number of carbonyl (C=O) groups excluding carboxylic acids is 1. The molecular weight excluding hydrogens is 322 g/mol. The molecule has 5 rings (SSSR count). The largest absolute Gasteiger partial charge is 0.485 e. The van der Waals surface area contributed by atoms with E-state index in [2.05, 4.69) is 10.1 Å². The molecule has 1 saturated heterocycles. The molecule has 25 heavy (non-hydrogen) atoms. The predicted molar refractivity (Wildman–Crippen MR) is 86.3 cm³/mol. The zero-order valence-electron chi connectivity index (χ0n) is 13.8. The van der Waals surface area contributed by atoms with Crippen LogP contribution >= 0.6 is 0 Å². The summed E-state index contributed by atoms with van der Waals surface area (Å²) in [7, 11) is 0. The number of ether oxygens (including phenoxy) is 2. The predicted octanol–water partition coefficient (Wildman–Crippen LogP) is 2.45. The van der Waals surface area contributed by atoms with Gasteiger partial charge in [0.2, 0.25) is 12.0 Å². The molecule has 7 nitrogen and oxygen atoms in total. The van der Waals surface area contributed by atoms with Crippen LogP contribution in [0, 0.1) is 0 Å². The Morgan fingerprint density at radius 1 is 1.16 bits per heavy atom. The summed E-state index contributed by atoms with van der Waals surface area (Å²) in [5.74, 6) is 2.95. The van der Waals surface area contributed by atoms with E-state index in [1.807, 2.05) is 29.2 Å². The van der Waals surface area contributed by atoms with E-state index >= 15 is 0 Å². The van der Waals surface area contributed by atoms with Crippen molar-refractivity contribution in [2.24, 2.45) is 0 Å². The van der Waals surface area contributed by atoms with Gasteiger partial charge in [-0.3, -0.25) is 4.79 Å². The molecule has 3 aliphatic rings. The van der Waals surface area contributed by atoms with E-state index in [-0.39, 0.29) is 18.6 Å². The molecule has 1 aromatic heterocycles. The summed E-state index contributed by atoms with van der Waals surface area (Å²) in [6.07, 6.45) is 3.36. The fraction of sp³-hybridized carbons (Fsp3) is 0.500. The van der Waals surface area contributed by atoms with E-state index in [0.717, 1.165) is 25.7 Å². The van der Waals surface area contributed by atoms with Gasteiger partial charge in [-0.25, -0.2) is 0 Å². The monoisotopic (exact) mass is 341 g/mol. The minimum atomic E-state index is -0.634. The first-order valence-electron chi connectivity index (χ1n) is 8.82. The maximum Gasteiger partial charge on any atom is 0.267 e. The normalized spacial score (nSPS) is 25.2. The van der Waals surface area contributed by atoms with Gasteiger partial charge in [0.1, 0.15) is 6.61 Å². The van der Waals surface area contributed by atoms with Gasteiger partial charge in [-0.15, -0.1) is 0 Å². The fourth-order valence-corrected chi connectivity index (χ4v) is 3.50. The van der Waals surface area contributed by atoms with Gasteiger partial charge < -0.3 is 18.9 Å². The molecule has 0 unspecified atom stereocenters. The maximum atomic E-state index is 13.0. The van der Waals surface area contributed by atoms with Gasteiger partial charge in [-0.05, 0) is 37.8 Å². The Hall–Kier alpha value is -2.57. The summed E-state index contributed by atoms with van der Waals surface area (Å²) in [5, 5.41) is 4.12. The minimum absolute atomic E-state index is 0.0743. The van der Waals surface area contributed by atoms with E-state index in [9.17, 15) is 4.79 Å². The molecule has 1 aromatic carbocycles. The first-order valence-corrected chi connectivity index (χ1v) is 8.82. The van der Waals surface area contributed by atoms with Gasteiger partial charge in [-0.1, -0.05) is 17.3 Å². The van der Waals surface area contributed by atoms with Crippen molar-refractivity contribution < 1.29 is 18.8 Å². The van der Waals surface area contributed by atoms with Crippen molar-refractivity contribution in [2.45, 2.75) is 43.7 Å². The third-order valence-corrected chi connectivity index (χ3v) is 5.00. The second-order valence-electron chi connectivity index (χ2n) is 6.82. The van der Waals surface area contributed by atoms with Gasteiger partial charge in [0.25, 0.3) is 5.91 Å². The average Bonchev–Trinajstić information content (AvgIpc) is 3.19. The Kier molecular flexibility index (Phi) is 3.39. The lowest BCUT2D eigenvalue weighted by Crippen LogP contribution is -2.46. The highest BCUT2D eigenvalue weighted by Gasteiger charge is 2.40. The van der Waals surface area contributed by atoms with Crippen molar-refractivity contribution in [3.8, 4) is 11.5 Å². The summed E-state index contributed by atoms with van der Waals surface area (Å²) in [4.78, 5) is 19.3. The molecule has 130 valence electrons. The van der Waals surface area contributed by atoms with E-state index in [0.29, 0.717) is 35.7 Å². The molecule has 1 saturated carbocycles. The fourth-order valence-electron chi connectivity index (χ4n) is 3.50. The molecule has 2 fully saturated rings. The van der Waals surface area contributed by atoms with Crippen LogP contribution in [0.4, 0.5) is 0 Å². The number of fused-ring (bicyclic) bond motifs is 1. The zero-order chi connectivity index (χ0) is 16.8. The lowest BCUT2D eigenvalue weighted by molar-refractivity contribution is -0.142. The number of rotatable bonds is 3. The van der Waals surface area contributed by atoms with Crippen molar-refractivity contribution in [3.05, 3.63) is 36.0 Å². The Labute approximate surface area is 144 Å². The van der Waals surface area contributed by atoms with Crippen molar-refractivity contribution in [1.29, 1.82) is 0 Å². The number of nitrogens with zero attached hydrogens (tertiary/aromatic N) is 3. The SMILES string of the molecule is O=C([C@H]1COc2ccccc2O1)N1CCC[C@@H]1c1noc(C2CC2)n1. The van der Waals surface area contributed by atoms with Crippen LogP contribution in [0.2, 0.25) is 0 Å². The van der Waals surface area contributed by atoms with Crippen LogP contribution in [0.25, 0.3) is 0 Å². The summed E-state index contributed by atoms with van der Waals surface area (Å²) in [6.45, 7) is 0.900. The smallest absolute Gasteiger partial charge is 0.267 e. The first-order chi connectivity index (χ1) is 12.3. The Bertz CT molecular complexity index is 801. The number of amides is 1. The third kappa shape index (κ3) is 2.63. The standard InChI is InChI=1S/C18H19N3O4/c22-18(15-10-23-13-5-1-2-6-14(13)24-15)21-9-3-4-12(21)16-19-17(25-20-16)11-7-8-11/h1-2,5-6,11-12,15H,3-4,7-10H2/t12-,15-/m1/s1. The quantitative estimate of drug-likeness (QED) is 0.853. The molecule has 0 spiro atoms. The second-order valence-corrected chi connectivity index (χ2v) is 6.82. The maximum absolute atomic E-state index is 13.0. The molecule has 1 amide bonds. The van der Waals surface area contributed by atoms with Crippen molar-refractivity contribution >= 4 is 5.91 Å². The number of hydrogen-bond donors (Lipinski definition) is 0. The highest BCUT2D eigenvalue weighted by atomic mass is 16.6. The van der Waals surface area contributed by atoms with Crippen molar-refractivity contribution in [1.82, 2.24) is 15.0 Å². The van der Waals surface area contributed by atoms with Crippen LogP contribution in [0.15, 0.2) is 28.8 Å². The van der Waals surface area contributed by atoms with Crippen LogP contribution in [-0.2, 0) is 4.79 Å². The number of likely N-dealkylation sites (tertiary alicyclic amines) is 1. The number of benzene rings is 1. The molecule has 1 aliphatic carbocycles. The molecular formula is C18H19N3O4. The second kappa shape index (κ2) is 5.75. The number of carbonyl (C=O) groups is 1.